The highest BCUT2D eigenvalue weighted by molar-refractivity contribution is 5.80. The number of alkyl halides is 3. The SMILES string of the molecule is C[C@@H](NC(=O)N(OC(=O)C(F)(F)F)C1CCC(CCN[C@@H]2CCc3ccccc32)CC1)C(O)(c1ccccc1)c1ccccc1. The van der Waals surface area contributed by atoms with E-state index in [0.717, 1.165) is 25.8 Å². The molecule has 5 rings (SSSR count). The summed E-state index contributed by atoms with van der Waals surface area (Å²) in [7, 11) is 0. The van der Waals surface area contributed by atoms with E-state index in [4.69, 9.17) is 4.84 Å². The standard InChI is InChI=1S/C35H40F3N3O4/c1-24(34(44,27-11-4-2-5-12-27)28-13-6-3-7-14-28)40-33(43)41(45-32(42)35(36,37)38)29-19-16-25(17-20-29)22-23-39-31-21-18-26-10-8-9-15-30(26)31/h2-15,24-25,29,31,39,44H,16-23H2,1H3,(H,40,43)/t24-,25?,29?,31-/m1/s1. The molecule has 7 nitrogen and oxygen atoms in total. The fourth-order valence-corrected chi connectivity index (χ4v) is 6.73. The highest BCUT2D eigenvalue weighted by atomic mass is 19.4. The van der Waals surface area contributed by atoms with Gasteiger partial charge in [0.05, 0.1) is 12.1 Å². The van der Waals surface area contributed by atoms with E-state index in [1.807, 2.05) is 0 Å². The van der Waals surface area contributed by atoms with E-state index in [1.54, 1.807) is 67.6 Å². The van der Waals surface area contributed by atoms with Gasteiger partial charge in [0.2, 0.25) is 0 Å². The molecule has 240 valence electrons. The first-order valence-electron chi connectivity index (χ1n) is 15.6. The number of rotatable bonds is 9. The maximum atomic E-state index is 13.6. The molecule has 0 aromatic heterocycles. The summed E-state index contributed by atoms with van der Waals surface area (Å²) in [5, 5.41) is 18.8. The summed E-state index contributed by atoms with van der Waals surface area (Å²) in [5.74, 6) is -2.14. The Labute approximate surface area is 261 Å². The lowest BCUT2D eigenvalue weighted by Gasteiger charge is -2.39. The number of aliphatic hydroxyl groups is 1. The van der Waals surface area contributed by atoms with Crippen molar-refractivity contribution in [2.24, 2.45) is 5.92 Å². The van der Waals surface area contributed by atoms with Gasteiger partial charge in [-0.3, -0.25) is 0 Å². The van der Waals surface area contributed by atoms with E-state index in [2.05, 4.69) is 34.9 Å². The van der Waals surface area contributed by atoms with Gasteiger partial charge in [-0.2, -0.15) is 18.2 Å². The molecule has 0 aliphatic heterocycles. The topological polar surface area (TPSA) is 90.9 Å². The van der Waals surface area contributed by atoms with Crippen LogP contribution in [0.5, 0.6) is 0 Å². The molecule has 45 heavy (non-hydrogen) atoms. The van der Waals surface area contributed by atoms with E-state index in [1.165, 1.54) is 11.1 Å². The molecular weight excluding hydrogens is 583 g/mol. The molecule has 2 aliphatic carbocycles. The second kappa shape index (κ2) is 14.0. The molecule has 1 fully saturated rings. The number of carbonyl (C=O) groups is 2. The molecule has 0 unspecified atom stereocenters. The molecule has 0 bridgehead atoms. The van der Waals surface area contributed by atoms with E-state index < -0.39 is 35.9 Å². The highest BCUT2D eigenvalue weighted by Gasteiger charge is 2.46. The monoisotopic (exact) mass is 623 g/mol. The molecule has 3 N–H and O–H groups in total. The average Bonchev–Trinajstić information content (AvgIpc) is 3.46. The molecule has 2 amide bonds. The van der Waals surface area contributed by atoms with Crippen molar-refractivity contribution in [2.75, 3.05) is 6.54 Å². The summed E-state index contributed by atoms with van der Waals surface area (Å²) in [4.78, 5) is 30.2. The van der Waals surface area contributed by atoms with Crippen molar-refractivity contribution in [3.8, 4) is 0 Å². The second-order valence-corrected chi connectivity index (χ2v) is 12.1. The molecule has 10 heteroatoms. The van der Waals surface area contributed by atoms with Crippen molar-refractivity contribution >= 4 is 12.0 Å². The molecule has 0 spiro atoms. The van der Waals surface area contributed by atoms with E-state index in [-0.39, 0.29) is 0 Å². The normalized spacial score (nSPS) is 20.6. The van der Waals surface area contributed by atoms with Crippen LogP contribution in [0, 0.1) is 5.92 Å². The number of fused-ring (bicyclic) bond motifs is 1. The lowest BCUT2D eigenvalue weighted by Crippen LogP contribution is -2.56. The van der Waals surface area contributed by atoms with Gasteiger partial charge in [0, 0.05) is 6.04 Å². The molecule has 3 aromatic rings. The van der Waals surface area contributed by atoms with Crippen molar-refractivity contribution in [1.82, 2.24) is 15.7 Å². The Hall–Kier alpha value is -3.89. The third-order valence-electron chi connectivity index (χ3n) is 9.23. The Balaban J connectivity index is 1.24. The van der Waals surface area contributed by atoms with Crippen molar-refractivity contribution in [3.63, 3.8) is 0 Å². The smallest absolute Gasteiger partial charge is 0.378 e. The largest absolute Gasteiger partial charge is 0.493 e. The molecule has 3 aromatic carbocycles. The van der Waals surface area contributed by atoms with Crippen LogP contribution in [0.3, 0.4) is 0 Å². The number of halogens is 3. The first-order valence-corrected chi connectivity index (χ1v) is 15.6. The maximum Gasteiger partial charge on any atom is 0.493 e. The van der Waals surface area contributed by atoms with Gasteiger partial charge in [-0.25, -0.2) is 9.59 Å². The number of benzene rings is 3. The number of nitrogens with zero attached hydrogens (tertiary/aromatic N) is 1. The Morgan fingerprint density at radius 1 is 0.889 bits per heavy atom. The van der Waals surface area contributed by atoms with E-state index in [0.29, 0.717) is 53.8 Å². The van der Waals surface area contributed by atoms with Crippen LogP contribution in [-0.4, -0.2) is 47.0 Å². The predicted molar refractivity (Wildman–Crippen MR) is 164 cm³/mol. The van der Waals surface area contributed by atoms with Gasteiger partial charge in [0.15, 0.2) is 0 Å². The van der Waals surface area contributed by atoms with Crippen molar-refractivity contribution < 1.29 is 32.7 Å². The third-order valence-corrected chi connectivity index (χ3v) is 9.23. The van der Waals surface area contributed by atoms with Crippen LogP contribution in [0.4, 0.5) is 18.0 Å². The molecule has 2 aliphatic rings. The van der Waals surface area contributed by atoms with Crippen LogP contribution in [0.2, 0.25) is 0 Å². The molecule has 0 heterocycles. The number of hydrogen-bond donors (Lipinski definition) is 3. The van der Waals surface area contributed by atoms with Crippen LogP contribution < -0.4 is 10.6 Å². The molecule has 1 saturated carbocycles. The fraction of sp³-hybridized carbons (Fsp3) is 0.429. The van der Waals surface area contributed by atoms with Gasteiger partial charge >= 0.3 is 18.2 Å². The minimum atomic E-state index is -5.28. The van der Waals surface area contributed by atoms with Crippen molar-refractivity contribution in [3.05, 3.63) is 107 Å². The van der Waals surface area contributed by atoms with Gasteiger partial charge in [0.1, 0.15) is 5.60 Å². The first kappa shape index (κ1) is 32.5. The summed E-state index contributed by atoms with van der Waals surface area (Å²) < 4.78 is 39.8. The Kier molecular flexibility index (Phi) is 10.1. The van der Waals surface area contributed by atoms with Gasteiger partial charge in [-0.1, -0.05) is 84.9 Å². The van der Waals surface area contributed by atoms with Crippen LogP contribution in [0.1, 0.15) is 73.7 Å². The Morgan fingerprint density at radius 3 is 2.07 bits per heavy atom. The quantitative estimate of drug-likeness (QED) is 0.235. The number of hydroxylamine groups is 2. The van der Waals surface area contributed by atoms with E-state index >= 15 is 0 Å². The number of nitrogens with one attached hydrogen (secondary N) is 2. The fourth-order valence-electron chi connectivity index (χ4n) is 6.73. The number of urea groups is 1. The predicted octanol–water partition coefficient (Wildman–Crippen LogP) is 6.57. The third kappa shape index (κ3) is 7.50. The summed E-state index contributed by atoms with van der Waals surface area (Å²) in [6.07, 6.45) is -0.151. The zero-order valence-corrected chi connectivity index (χ0v) is 25.3. The van der Waals surface area contributed by atoms with Gasteiger partial charge < -0.3 is 20.6 Å². The van der Waals surface area contributed by atoms with E-state index in [9.17, 15) is 27.9 Å². The first-order chi connectivity index (χ1) is 21.6. The highest BCUT2D eigenvalue weighted by Crippen LogP contribution is 2.35. The van der Waals surface area contributed by atoms with Crippen LogP contribution in [0.25, 0.3) is 0 Å². The summed E-state index contributed by atoms with van der Waals surface area (Å²) >= 11 is 0. The van der Waals surface area contributed by atoms with Crippen molar-refractivity contribution in [2.45, 2.75) is 81.8 Å². The van der Waals surface area contributed by atoms with Gasteiger partial charge in [0.25, 0.3) is 0 Å². The number of aryl methyl sites for hydroxylation is 1. The van der Waals surface area contributed by atoms with Crippen LogP contribution in [-0.2, 0) is 21.7 Å². The lowest BCUT2D eigenvalue weighted by molar-refractivity contribution is -0.235. The number of amides is 2. The number of hydrogen-bond acceptors (Lipinski definition) is 5. The molecular formula is C35H40F3N3O4. The Morgan fingerprint density at radius 2 is 1.47 bits per heavy atom. The minimum Gasteiger partial charge on any atom is -0.378 e. The van der Waals surface area contributed by atoms with Crippen molar-refractivity contribution in [1.29, 1.82) is 0 Å². The summed E-state index contributed by atoms with van der Waals surface area (Å²) in [6.45, 7) is 2.38. The molecule has 2 atom stereocenters. The second-order valence-electron chi connectivity index (χ2n) is 12.1. The lowest BCUT2D eigenvalue weighted by atomic mass is 9.81. The van der Waals surface area contributed by atoms with Crippen LogP contribution in [0.15, 0.2) is 84.9 Å². The Bertz CT molecular complexity index is 1390. The number of carbonyl (C=O) groups excluding carboxylic acids is 2. The maximum absolute atomic E-state index is 13.6. The minimum absolute atomic E-state index is 0.325. The van der Waals surface area contributed by atoms with Gasteiger partial charge in [-0.05, 0) is 86.6 Å². The summed E-state index contributed by atoms with van der Waals surface area (Å²) in [5.41, 5.74) is 1.97. The molecule has 0 saturated heterocycles. The zero-order valence-electron chi connectivity index (χ0n) is 25.3. The van der Waals surface area contributed by atoms with Gasteiger partial charge in [-0.15, -0.1) is 0 Å². The summed E-state index contributed by atoms with van der Waals surface area (Å²) in [6, 6.07) is 23.4. The molecule has 0 radical (unpaired) electrons. The van der Waals surface area contributed by atoms with Crippen LogP contribution >= 0.6 is 0 Å². The zero-order chi connectivity index (χ0) is 32.0. The average molecular weight is 624 g/mol.